The van der Waals surface area contributed by atoms with Crippen molar-refractivity contribution in [3.8, 4) is 0 Å². The number of benzene rings is 1. The minimum Gasteiger partial charge on any atom is -0.373 e. The maximum atomic E-state index is 12.6. The predicted molar refractivity (Wildman–Crippen MR) is 69.4 cm³/mol. The number of halogens is 4. The molecule has 0 aliphatic carbocycles. The Hall–Kier alpha value is -1.14. The molecule has 1 rings (SSSR count). The summed E-state index contributed by atoms with van der Waals surface area (Å²) in [5, 5.41) is 0. The van der Waals surface area contributed by atoms with Crippen LogP contribution < -0.4 is 5.73 Å². The van der Waals surface area contributed by atoms with Crippen LogP contribution in [0.4, 0.5) is 17.6 Å². The molecule has 1 aromatic carbocycles. The Balaban J connectivity index is 2.42. The minimum absolute atomic E-state index is 0.185. The number of nitrogens with two attached hydrogens (primary N) is 1. The van der Waals surface area contributed by atoms with Gasteiger partial charge in [0, 0.05) is 6.04 Å². The van der Waals surface area contributed by atoms with Crippen LogP contribution in [0.25, 0.3) is 0 Å². The largest absolute Gasteiger partial charge is 0.373 e. The van der Waals surface area contributed by atoms with Crippen LogP contribution in [0.5, 0.6) is 0 Å². The molecule has 114 valence electrons. The highest BCUT2D eigenvalue weighted by atomic mass is 19.3. The highest BCUT2D eigenvalue weighted by Crippen LogP contribution is 2.22. The van der Waals surface area contributed by atoms with E-state index in [0.717, 1.165) is 16.7 Å². The average Bonchev–Trinajstić information content (AvgIpc) is 2.26. The van der Waals surface area contributed by atoms with Crippen molar-refractivity contribution in [3.05, 3.63) is 34.9 Å². The van der Waals surface area contributed by atoms with Crippen molar-refractivity contribution in [1.82, 2.24) is 0 Å². The molecule has 0 fully saturated rings. The minimum atomic E-state index is -4.13. The molecule has 1 atom stereocenters. The first-order chi connectivity index (χ1) is 9.20. The molecule has 0 radical (unpaired) electrons. The van der Waals surface area contributed by atoms with Gasteiger partial charge in [0.05, 0.1) is 6.61 Å². The smallest absolute Gasteiger partial charge is 0.330 e. The second-order valence-corrected chi connectivity index (χ2v) is 5.04. The molecule has 2 N–H and O–H groups in total. The van der Waals surface area contributed by atoms with Crippen LogP contribution in [-0.2, 0) is 11.2 Å². The zero-order chi connectivity index (χ0) is 15.3. The van der Waals surface area contributed by atoms with Gasteiger partial charge in [0.15, 0.2) is 0 Å². The summed E-state index contributed by atoms with van der Waals surface area (Å²) in [6, 6.07) is 5.39. The fourth-order valence-corrected chi connectivity index (χ4v) is 1.96. The summed E-state index contributed by atoms with van der Waals surface area (Å²) in [7, 11) is 0. The number of hydrogen-bond donors (Lipinski definition) is 1. The fourth-order valence-electron chi connectivity index (χ4n) is 1.96. The van der Waals surface area contributed by atoms with E-state index in [-0.39, 0.29) is 6.61 Å². The van der Waals surface area contributed by atoms with Gasteiger partial charge in [0.2, 0.25) is 0 Å². The lowest BCUT2D eigenvalue weighted by Gasteiger charge is -2.18. The number of alkyl halides is 4. The molecule has 1 aromatic rings. The molecule has 0 aliphatic rings. The maximum absolute atomic E-state index is 12.6. The van der Waals surface area contributed by atoms with E-state index in [1.807, 2.05) is 32.0 Å². The van der Waals surface area contributed by atoms with E-state index in [4.69, 9.17) is 5.73 Å². The molecule has 0 amide bonds. The summed E-state index contributed by atoms with van der Waals surface area (Å²) in [5.74, 6) is -4.13. The first-order valence-corrected chi connectivity index (χ1v) is 6.27. The van der Waals surface area contributed by atoms with Crippen LogP contribution in [0.1, 0.15) is 16.7 Å². The number of rotatable bonds is 7. The van der Waals surface area contributed by atoms with E-state index in [9.17, 15) is 17.6 Å². The molecule has 0 saturated carbocycles. The van der Waals surface area contributed by atoms with Gasteiger partial charge in [-0.05, 0) is 25.8 Å². The Morgan fingerprint density at radius 1 is 1.15 bits per heavy atom. The van der Waals surface area contributed by atoms with Crippen LogP contribution in [-0.4, -0.2) is 31.6 Å². The van der Waals surface area contributed by atoms with Crippen LogP contribution in [0, 0.1) is 13.8 Å². The van der Waals surface area contributed by atoms with E-state index in [0.29, 0.717) is 6.42 Å². The van der Waals surface area contributed by atoms with Gasteiger partial charge in [0.1, 0.15) is 6.61 Å². The molecule has 2 nitrogen and oxygen atoms in total. The van der Waals surface area contributed by atoms with E-state index >= 15 is 0 Å². The fraction of sp³-hybridized carbons (Fsp3) is 0.571. The maximum Gasteiger partial charge on any atom is 0.330 e. The molecule has 20 heavy (non-hydrogen) atoms. The van der Waals surface area contributed by atoms with Crippen molar-refractivity contribution in [1.29, 1.82) is 0 Å². The molecule has 0 heterocycles. The van der Waals surface area contributed by atoms with Crippen LogP contribution in [0.15, 0.2) is 18.2 Å². The SMILES string of the molecule is Cc1cc(C)cc(CC(N)COCC(F)(F)C(F)F)c1. The summed E-state index contributed by atoms with van der Waals surface area (Å²) < 4.78 is 53.6. The lowest BCUT2D eigenvalue weighted by molar-refractivity contribution is -0.166. The predicted octanol–water partition coefficient (Wildman–Crippen LogP) is 3.09. The third kappa shape index (κ3) is 5.46. The Bertz CT molecular complexity index is 417. The van der Waals surface area contributed by atoms with E-state index in [1.165, 1.54) is 0 Å². The second-order valence-electron chi connectivity index (χ2n) is 5.04. The van der Waals surface area contributed by atoms with Gasteiger partial charge in [-0.15, -0.1) is 0 Å². The summed E-state index contributed by atoms with van der Waals surface area (Å²) >= 11 is 0. The first-order valence-electron chi connectivity index (χ1n) is 6.27. The topological polar surface area (TPSA) is 35.2 Å². The average molecular weight is 293 g/mol. The second kappa shape index (κ2) is 7.04. The summed E-state index contributed by atoms with van der Waals surface area (Å²) in [5.41, 5.74) is 8.89. The van der Waals surface area contributed by atoms with Gasteiger partial charge in [-0.1, -0.05) is 29.3 Å². The number of ether oxygens (including phenoxy) is 1. The lowest BCUT2D eigenvalue weighted by atomic mass is 10.0. The molecule has 6 heteroatoms. The highest BCUT2D eigenvalue weighted by molar-refractivity contribution is 5.29. The monoisotopic (exact) mass is 293 g/mol. The van der Waals surface area contributed by atoms with Crippen molar-refractivity contribution < 1.29 is 22.3 Å². The molecule has 0 spiro atoms. The number of aryl methyl sites for hydroxylation is 2. The van der Waals surface area contributed by atoms with Crippen LogP contribution in [0.2, 0.25) is 0 Å². The van der Waals surface area contributed by atoms with Crippen molar-refractivity contribution >= 4 is 0 Å². The van der Waals surface area contributed by atoms with Crippen molar-refractivity contribution in [3.63, 3.8) is 0 Å². The molecule has 1 unspecified atom stereocenters. The normalized spacial score (nSPS) is 13.8. The quantitative estimate of drug-likeness (QED) is 0.784. The molecular weight excluding hydrogens is 274 g/mol. The van der Waals surface area contributed by atoms with Crippen LogP contribution in [0.3, 0.4) is 0 Å². The zero-order valence-corrected chi connectivity index (χ0v) is 11.5. The Morgan fingerprint density at radius 2 is 1.70 bits per heavy atom. The van der Waals surface area contributed by atoms with Gasteiger partial charge in [0.25, 0.3) is 0 Å². The van der Waals surface area contributed by atoms with E-state index < -0.39 is 25.0 Å². The zero-order valence-electron chi connectivity index (χ0n) is 11.5. The number of hydrogen-bond acceptors (Lipinski definition) is 2. The van der Waals surface area contributed by atoms with Crippen molar-refractivity contribution in [2.24, 2.45) is 5.73 Å². The highest BCUT2D eigenvalue weighted by Gasteiger charge is 2.41. The molecule has 0 bridgehead atoms. The van der Waals surface area contributed by atoms with E-state index in [1.54, 1.807) is 0 Å². The lowest BCUT2D eigenvalue weighted by Crippen LogP contribution is -2.36. The van der Waals surface area contributed by atoms with Gasteiger partial charge < -0.3 is 10.5 Å². The van der Waals surface area contributed by atoms with Gasteiger partial charge in [-0.2, -0.15) is 8.78 Å². The summed E-state index contributed by atoms with van der Waals surface area (Å²) in [4.78, 5) is 0. The third-order valence-corrected chi connectivity index (χ3v) is 2.73. The Labute approximate surface area is 115 Å². The first kappa shape index (κ1) is 16.9. The van der Waals surface area contributed by atoms with Crippen molar-refractivity contribution in [2.45, 2.75) is 38.7 Å². The Morgan fingerprint density at radius 3 is 2.20 bits per heavy atom. The van der Waals surface area contributed by atoms with Crippen LogP contribution >= 0.6 is 0 Å². The molecule has 0 aliphatic heterocycles. The third-order valence-electron chi connectivity index (χ3n) is 2.73. The molecule has 0 aromatic heterocycles. The van der Waals surface area contributed by atoms with Gasteiger partial charge >= 0.3 is 12.3 Å². The Kier molecular flexibility index (Phi) is 5.95. The summed E-state index contributed by atoms with van der Waals surface area (Å²) in [6.45, 7) is 2.39. The van der Waals surface area contributed by atoms with Gasteiger partial charge in [-0.3, -0.25) is 0 Å². The summed E-state index contributed by atoms with van der Waals surface area (Å²) in [6.07, 6.45) is -3.28. The van der Waals surface area contributed by atoms with Crippen molar-refractivity contribution in [2.75, 3.05) is 13.2 Å². The van der Waals surface area contributed by atoms with E-state index in [2.05, 4.69) is 4.74 Å². The van der Waals surface area contributed by atoms with Gasteiger partial charge in [-0.25, -0.2) is 8.78 Å². The standard InChI is InChI=1S/C14H19F4NO/c1-9-3-10(2)5-11(4-9)6-12(19)7-20-8-14(17,18)13(15)16/h3-5,12-13H,6-8,19H2,1-2H3. The molecular formula is C14H19F4NO. The molecule has 0 saturated heterocycles.